The van der Waals surface area contributed by atoms with Crippen molar-refractivity contribution >= 4 is 27.5 Å². The van der Waals surface area contributed by atoms with Gasteiger partial charge in [0.15, 0.2) is 0 Å². The summed E-state index contributed by atoms with van der Waals surface area (Å²) in [5.41, 5.74) is 2.46. The second-order valence-electron chi connectivity index (χ2n) is 4.11. The molecule has 0 aliphatic carbocycles. The Morgan fingerprint density at radius 2 is 2.17 bits per heavy atom. The van der Waals surface area contributed by atoms with Crippen LogP contribution in [-0.4, -0.2) is 11.1 Å². The van der Waals surface area contributed by atoms with Gasteiger partial charge < -0.3 is 9.84 Å². The van der Waals surface area contributed by atoms with Crippen molar-refractivity contribution in [1.82, 2.24) is 5.16 Å². The van der Waals surface area contributed by atoms with Crippen molar-refractivity contribution < 1.29 is 9.32 Å². The predicted octanol–water partition coefficient (Wildman–Crippen LogP) is 3.24. The summed E-state index contributed by atoms with van der Waals surface area (Å²) < 4.78 is 5.91. The van der Waals surface area contributed by atoms with Gasteiger partial charge in [0.25, 0.3) is 0 Å². The highest BCUT2D eigenvalue weighted by Crippen LogP contribution is 2.20. The Morgan fingerprint density at radius 3 is 2.78 bits per heavy atom. The van der Waals surface area contributed by atoms with Gasteiger partial charge in [-0.2, -0.15) is 0 Å². The summed E-state index contributed by atoms with van der Waals surface area (Å²) >= 11 is 3.38. The summed E-state index contributed by atoms with van der Waals surface area (Å²) in [7, 11) is 0. The zero-order chi connectivity index (χ0) is 13.1. The molecule has 4 nitrogen and oxygen atoms in total. The molecule has 94 valence electrons. The van der Waals surface area contributed by atoms with Gasteiger partial charge in [-0.15, -0.1) is 0 Å². The maximum atomic E-state index is 11.8. The van der Waals surface area contributed by atoms with Crippen LogP contribution in [0.4, 0.5) is 5.69 Å². The number of benzene rings is 1. The van der Waals surface area contributed by atoms with E-state index in [2.05, 4.69) is 26.4 Å². The zero-order valence-electron chi connectivity index (χ0n) is 10.2. The SMILES string of the molecule is Cc1cc(CC(=O)Nc2ccc(Br)cc2C)no1. The fourth-order valence-corrected chi connectivity index (χ4v) is 2.10. The molecule has 1 N–H and O–H groups in total. The van der Waals surface area contributed by atoms with Gasteiger partial charge in [0.2, 0.25) is 5.91 Å². The number of aromatic nitrogens is 1. The quantitative estimate of drug-likeness (QED) is 0.947. The number of halogens is 1. The maximum Gasteiger partial charge on any atom is 0.230 e. The Bertz CT molecular complexity index is 578. The fraction of sp³-hybridized carbons (Fsp3) is 0.231. The molecule has 0 saturated heterocycles. The molecule has 0 radical (unpaired) electrons. The first-order valence-corrected chi connectivity index (χ1v) is 6.32. The average molecular weight is 309 g/mol. The minimum Gasteiger partial charge on any atom is -0.361 e. The molecule has 0 bridgehead atoms. The first kappa shape index (κ1) is 12.8. The van der Waals surface area contributed by atoms with Crippen LogP contribution < -0.4 is 5.32 Å². The Balaban J connectivity index is 2.03. The van der Waals surface area contributed by atoms with Crippen LogP contribution in [-0.2, 0) is 11.2 Å². The minimum atomic E-state index is -0.103. The van der Waals surface area contributed by atoms with Crippen LogP contribution in [0.25, 0.3) is 0 Å². The number of carbonyl (C=O) groups is 1. The largest absolute Gasteiger partial charge is 0.361 e. The minimum absolute atomic E-state index is 0.103. The molecule has 0 unspecified atom stereocenters. The molecule has 1 aromatic carbocycles. The summed E-state index contributed by atoms with van der Waals surface area (Å²) in [6, 6.07) is 7.47. The molecule has 0 spiro atoms. The van der Waals surface area contributed by atoms with E-state index < -0.39 is 0 Å². The molecule has 2 aromatic rings. The fourth-order valence-electron chi connectivity index (χ4n) is 1.63. The molecular formula is C13H13BrN2O2. The Morgan fingerprint density at radius 1 is 1.39 bits per heavy atom. The van der Waals surface area contributed by atoms with E-state index in [1.165, 1.54) is 0 Å². The molecule has 0 saturated carbocycles. The highest BCUT2D eigenvalue weighted by atomic mass is 79.9. The third kappa shape index (κ3) is 3.20. The van der Waals surface area contributed by atoms with Gasteiger partial charge >= 0.3 is 0 Å². The van der Waals surface area contributed by atoms with Crippen molar-refractivity contribution in [3.05, 3.63) is 45.8 Å². The van der Waals surface area contributed by atoms with Crippen molar-refractivity contribution in [3.63, 3.8) is 0 Å². The van der Waals surface area contributed by atoms with E-state index in [0.717, 1.165) is 15.7 Å². The van der Waals surface area contributed by atoms with Gasteiger partial charge in [0, 0.05) is 16.2 Å². The van der Waals surface area contributed by atoms with Crippen molar-refractivity contribution in [2.24, 2.45) is 0 Å². The lowest BCUT2D eigenvalue weighted by molar-refractivity contribution is -0.115. The molecule has 1 amide bonds. The van der Waals surface area contributed by atoms with Crippen molar-refractivity contribution in [2.45, 2.75) is 20.3 Å². The van der Waals surface area contributed by atoms with Crippen LogP contribution in [0.5, 0.6) is 0 Å². The van der Waals surface area contributed by atoms with E-state index in [1.54, 1.807) is 13.0 Å². The second-order valence-corrected chi connectivity index (χ2v) is 5.03. The normalized spacial score (nSPS) is 10.4. The predicted molar refractivity (Wildman–Crippen MR) is 72.5 cm³/mol. The summed E-state index contributed by atoms with van der Waals surface area (Å²) in [6.07, 6.45) is 0.215. The lowest BCUT2D eigenvalue weighted by atomic mass is 10.2. The van der Waals surface area contributed by atoms with Crippen molar-refractivity contribution in [2.75, 3.05) is 5.32 Å². The molecule has 1 heterocycles. The third-order valence-corrected chi connectivity index (χ3v) is 2.97. The van der Waals surface area contributed by atoms with Crippen LogP contribution >= 0.6 is 15.9 Å². The molecule has 1 aromatic heterocycles. The van der Waals surface area contributed by atoms with E-state index in [1.807, 2.05) is 25.1 Å². The maximum absolute atomic E-state index is 11.8. The van der Waals surface area contributed by atoms with E-state index in [0.29, 0.717) is 11.5 Å². The van der Waals surface area contributed by atoms with Crippen LogP contribution in [0.1, 0.15) is 17.0 Å². The first-order chi connectivity index (χ1) is 8.54. The number of rotatable bonds is 3. The number of anilines is 1. The van der Waals surface area contributed by atoms with Gasteiger partial charge in [-0.05, 0) is 37.6 Å². The highest BCUT2D eigenvalue weighted by Gasteiger charge is 2.09. The number of nitrogens with one attached hydrogen (secondary N) is 1. The number of hydrogen-bond donors (Lipinski definition) is 1. The van der Waals surface area contributed by atoms with E-state index in [4.69, 9.17) is 4.52 Å². The van der Waals surface area contributed by atoms with E-state index >= 15 is 0 Å². The number of amides is 1. The van der Waals surface area contributed by atoms with Crippen LogP contribution in [0.15, 0.2) is 33.3 Å². The smallest absolute Gasteiger partial charge is 0.230 e. The summed E-state index contributed by atoms with van der Waals surface area (Å²) in [5, 5.41) is 6.64. The standard InChI is InChI=1S/C13H13BrN2O2/c1-8-5-10(14)3-4-12(8)15-13(17)7-11-6-9(2)18-16-11/h3-6H,7H2,1-2H3,(H,15,17). The van der Waals surface area contributed by atoms with Gasteiger partial charge in [0.05, 0.1) is 12.1 Å². The van der Waals surface area contributed by atoms with Crippen LogP contribution in [0, 0.1) is 13.8 Å². The van der Waals surface area contributed by atoms with Crippen molar-refractivity contribution in [3.8, 4) is 0 Å². The van der Waals surface area contributed by atoms with E-state index in [-0.39, 0.29) is 12.3 Å². The van der Waals surface area contributed by atoms with Crippen molar-refractivity contribution in [1.29, 1.82) is 0 Å². The first-order valence-electron chi connectivity index (χ1n) is 5.53. The molecule has 0 aliphatic rings. The van der Waals surface area contributed by atoms with Gasteiger partial charge in [0.1, 0.15) is 5.76 Å². The Hall–Kier alpha value is -1.62. The topological polar surface area (TPSA) is 55.1 Å². The summed E-state index contributed by atoms with van der Waals surface area (Å²) in [4.78, 5) is 11.8. The third-order valence-electron chi connectivity index (χ3n) is 2.48. The van der Waals surface area contributed by atoms with E-state index in [9.17, 15) is 4.79 Å². The average Bonchev–Trinajstić information content (AvgIpc) is 2.68. The Labute approximate surface area is 113 Å². The van der Waals surface area contributed by atoms with Gasteiger partial charge in [-0.25, -0.2) is 0 Å². The molecule has 18 heavy (non-hydrogen) atoms. The van der Waals surface area contributed by atoms with Gasteiger partial charge in [-0.1, -0.05) is 21.1 Å². The Kier molecular flexibility index (Phi) is 3.81. The second kappa shape index (κ2) is 5.35. The molecular weight excluding hydrogens is 296 g/mol. The lowest BCUT2D eigenvalue weighted by Crippen LogP contribution is -2.15. The monoisotopic (exact) mass is 308 g/mol. The lowest BCUT2D eigenvalue weighted by Gasteiger charge is -2.07. The number of aryl methyl sites for hydroxylation is 2. The number of carbonyl (C=O) groups excluding carboxylic acids is 1. The highest BCUT2D eigenvalue weighted by molar-refractivity contribution is 9.10. The van der Waals surface area contributed by atoms with Crippen LogP contribution in [0.3, 0.4) is 0 Å². The molecule has 5 heteroatoms. The summed E-state index contributed by atoms with van der Waals surface area (Å²) in [5.74, 6) is 0.603. The van der Waals surface area contributed by atoms with Crippen LogP contribution in [0.2, 0.25) is 0 Å². The zero-order valence-corrected chi connectivity index (χ0v) is 11.7. The molecule has 0 aliphatic heterocycles. The molecule has 2 rings (SSSR count). The van der Waals surface area contributed by atoms with Gasteiger partial charge in [-0.3, -0.25) is 4.79 Å². The number of hydrogen-bond acceptors (Lipinski definition) is 3. The molecule has 0 fully saturated rings. The molecule has 0 atom stereocenters. The number of nitrogens with zero attached hydrogens (tertiary/aromatic N) is 1. The summed E-state index contributed by atoms with van der Waals surface area (Å²) in [6.45, 7) is 3.74.